The molecule has 66 valence electrons. The highest BCUT2D eigenvalue weighted by atomic mass is 16.4. The molecule has 0 atom stereocenters. The molecule has 2 aromatic rings. The third-order valence-electron chi connectivity index (χ3n) is 1.78. The van der Waals surface area contributed by atoms with Gasteiger partial charge >= 0.3 is 5.76 Å². The topological polar surface area (TPSA) is 65.1 Å². The molecule has 0 amide bonds. The molecule has 0 bridgehead atoms. The molecule has 0 fully saturated rings. The maximum Gasteiger partial charge on any atom is 0.420 e. The Morgan fingerprint density at radius 1 is 1.62 bits per heavy atom. The predicted octanol–water partition coefficient (Wildman–Crippen LogP) is 0.339. The molecule has 0 aliphatic carbocycles. The number of pyridine rings is 1. The van der Waals surface area contributed by atoms with Crippen molar-refractivity contribution in [3.8, 4) is 0 Å². The van der Waals surface area contributed by atoms with Gasteiger partial charge < -0.3 is 4.42 Å². The second-order valence-electron chi connectivity index (χ2n) is 2.64. The van der Waals surface area contributed by atoms with Gasteiger partial charge in [-0.25, -0.2) is 9.78 Å². The Morgan fingerprint density at radius 2 is 2.38 bits per heavy atom. The summed E-state index contributed by atoms with van der Waals surface area (Å²) in [7, 11) is 1.56. The molecule has 0 aromatic carbocycles. The van der Waals surface area contributed by atoms with Crippen molar-refractivity contribution in [2.24, 2.45) is 7.05 Å². The van der Waals surface area contributed by atoms with Crippen LogP contribution in [0.1, 0.15) is 10.4 Å². The first-order valence-corrected chi connectivity index (χ1v) is 3.63. The first kappa shape index (κ1) is 7.72. The van der Waals surface area contributed by atoms with Crippen LogP contribution in [0.15, 0.2) is 21.5 Å². The van der Waals surface area contributed by atoms with E-state index in [0.717, 1.165) is 0 Å². The van der Waals surface area contributed by atoms with Crippen molar-refractivity contribution in [1.29, 1.82) is 0 Å². The Labute approximate surface area is 72.6 Å². The van der Waals surface area contributed by atoms with E-state index in [4.69, 9.17) is 4.42 Å². The number of carbonyl (C=O) groups is 1. The summed E-state index contributed by atoms with van der Waals surface area (Å²) in [6.45, 7) is 0. The highest BCUT2D eigenvalue weighted by molar-refractivity contribution is 5.80. The Morgan fingerprint density at radius 3 is 3.08 bits per heavy atom. The quantitative estimate of drug-likeness (QED) is 0.590. The van der Waals surface area contributed by atoms with Gasteiger partial charge in [-0.3, -0.25) is 9.36 Å². The molecular formula is C8H6N2O3. The lowest BCUT2D eigenvalue weighted by atomic mass is 10.3. The molecule has 0 spiro atoms. The molecule has 0 unspecified atom stereocenters. The second-order valence-corrected chi connectivity index (χ2v) is 2.64. The number of hydrogen-bond acceptors (Lipinski definition) is 4. The fourth-order valence-corrected chi connectivity index (χ4v) is 1.09. The van der Waals surface area contributed by atoms with Gasteiger partial charge in [0.15, 0.2) is 17.5 Å². The number of hydrogen-bond donors (Lipinski definition) is 0. The third-order valence-corrected chi connectivity index (χ3v) is 1.78. The van der Waals surface area contributed by atoms with E-state index >= 15 is 0 Å². The van der Waals surface area contributed by atoms with Gasteiger partial charge in [0.25, 0.3) is 0 Å². The summed E-state index contributed by atoms with van der Waals surface area (Å²) in [6, 6.07) is 1.48. The summed E-state index contributed by atoms with van der Waals surface area (Å²) in [5.74, 6) is -0.481. The fourth-order valence-electron chi connectivity index (χ4n) is 1.09. The monoisotopic (exact) mass is 178 g/mol. The SMILES string of the molecule is Cn1c(=O)oc2cc(C=O)cnc21. The standard InChI is InChI=1S/C8H6N2O3/c1-10-7-6(13-8(10)12)2-5(4-11)3-9-7/h2-4H,1H3. The Balaban J connectivity index is 2.87. The van der Waals surface area contributed by atoms with Crippen molar-refractivity contribution in [3.05, 3.63) is 28.4 Å². The molecule has 0 saturated heterocycles. The summed E-state index contributed by atoms with van der Waals surface area (Å²) in [5.41, 5.74) is 1.16. The minimum absolute atomic E-state index is 0.331. The molecule has 0 N–H and O–H groups in total. The number of aldehydes is 1. The molecular weight excluding hydrogens is 172 g/mol. The first-order valence-electron chi connectivity index (χ1n) is 3.63. The van der Waals surface area contributed by atoms with Crippen molar-refractivity contribution < 1.29 is 9.21 Å². The minimum Gasteiger partial charge on any atom is -0.406 e. The molecule has 0 aliphatic rings. The Kier molecular flexibility index (Phi) is 1.51. The van der Waals surface area contributed by atoms with Crippen LogP contribution in [0.5, 0.6) is 0 Å². The molecule has 13 heavy (non-hydrogen) atoms. The van der Waals surface area contributed by atoms with E-state index in [-0.39, 0.29) is 0 Å². The van der Waals surface area contributed by atoms with Crippen molar-refractivity contribution >= 4 is 17.5 Å². The van der Waals surface area contributed by atoms with Crippen LogP contribution in [0.3, 0.4) is 0 Å². The smallest absolute Gasteiger partial charge is 0.406 e. The van der Waals surface area contributed by atoms with E-state index in [9.17, 15) is 9.59 Å². The second kappa shape index (κ2) is 2.55. The van der Waals surface area contributed by atoms with E-state index in [2.05, 4.69) is 4.98 Å². The van der Waals surface area contributed by atoms with Crippen molar-refractivity contribution in [2.45, 2.75) is 0 Å². The molecule has 0 aliphatic heterocycles. The van der Waals surface area contributed by atoms with Crippen LogP contribution in [0, 0.1) is 0 Å². The van der Waals surface area contributed by atoms with Crippen LogP contribution < -0.4 is 5.76 Å². The fraction of sp³-hybridized carbons (Fsp3) is 0.125. The lowest BCUT2D eigenvalue weighted by Crippen LogP contribution is -2.08. The van der Waals surface area contributed by atoms with Gasteiger partial charge in [-0.2, -0.15) is 0 Å². The van der Waals surface area contributed by atoms with E-state index in [1.165, 1.54) is 16.8 Å². The summed E-state index contributed by atoms with van der Waals surface area (Å²) < 4.78 is 6.11. The summed E-state index contributed by atoms with van der Waals surface area (Å²) in [6.07, 6.45) is 2.05. The molecule has 0 radical (unpaired) electrons. The van der Waals surface area contributed by atoms with Crippen LogP contribution >= 0.6 is 0 Å². The third kappa shape index (κ3) is 1.05. The number of aryl methyl sites for hydroxylation is 1. The van der Waals surface area contributed by atoms with Crippen LogP contribution in [-0.4, -0.2) is 15.8 Å². The summed E-state index contributed by atoms with van der Waals surface area (Å²) >= 11 is 0. The van der Waals surface area contributed by atoms with Gasteiger partial charge in [-0.15, -0.1) is 0 Å². The number of fused-ring (bicyclic) bond motifs is 1. The summed E-state index contributed by atoms with van der Waals surface area (Å²) in [5, 5.41) is 0. The zero-order chi connectivity index (χ0) is 9.42. The van der Waals surface area contributed by atoms with E-state index < -0.39 is 5.76 Å². The van der Waals surface area contributed by atoms with Crippen LogP contribution in [0.4, 0.5) is 0 Å². The lowest BCUT2D eigenvalue weighted by molar-refractivity contribution is 0.112. The van der Waals surface area contributed by atoms with Crippen molar-refractivity contribution in [2.75, 3.05) is 0 Å². The van der Waals surface area contributed by atoms with Crippen molar-refractivity contribution in [1.82, 2.24) is 9.55 Å². The molecule has 2 rings (SSSR count). The molecule has 2 heterocycles. The highest BCUT2D eigenvalue weighted by Gasteiger charge is 2.06. The maximum absolute atomic E-state index is 11.0. The number of aromatic nitrogens is 2. The number of carbonyl (C=O) groups excluding carboxylic acids is 1. The van der Waals surface area contributed by atoms with Crippen LogP contribution in [0.2, 0.25) is 0 Å². The zero-order valence-corrected chi connectivity index (χ0v) is 6.85. The van der Waals surface area contributed by atoms with Gasteiger partial charge in [0.05, 0.1) is 0 Å². The van der Waals surface area contributed by atoms with Gasteiger partial charge in [0.1, 0.15) is 0 Å². The van der Waals surface area contributed by atoms with Gasteiger partial charge in [-0.1, -0.05) is 0 Å². The predicted molar refractivity (Wildman–Crippen MR) is 44.6 cm³/mol. The molecule has 5 nitrogen and oxygen atoms in total. The summed E-state index contributed by atoms with van der Waals surface area (Å²) in [4.78, 5) is 25.3. The highest BCUT2D eigenvalue weighted by Crippen LogP contribution is 2.09. The van der Waals surface area contributed by atoms with Crippen LogP contribution in [0.25, 0.3) is 11.2 Å². The average molecular weight is 178 g/mol. The zero-order valence-electron chi connectivity index (χ0n) is 6.85. The Bertz CT molecular complexity index is 524. The first-order chi connectivity index (χ1) is 6.22. The van der Waals surface area contributed by atoms with Gasteiger partial charge in [0.2, 0.25) is 0 Å². The number of nitrogens with zero attached hydrogens (tertiary/aromatic N) is 2. The van der Waals surface area contributed by atoms with E-state index in [1.54, 1.807) is 7.05 Å². The number of oxazole rings is 1. The minimum atomic E-state index is -0.481. The maximum atomic E-state index is 11.0. The van der Waals surface area contributed by atoms with Crippen LogP contribution in [-0.2, 0) is 7.05 Å². The average Bonchev–Trinajstić information content (AvgIpc) is 2.42. The number of rotatable bonds is 1. The van der Waals surface area contributed by atoms with E-state index in [0.29, 0.717) is 23.1 Å². The molecule has 2 aromatic heterocycles. The van der Waals surface area contributed by atoms with Gasteiger partial charge in [-0.05, 0) is 6.07 Å². The van der Waals surface area contributed by atoms with Crippen molar-refractivity contribution in [3.63, 3.8) is 0 Å². The van der Waals surface area contributed by atoms with Gasteiger partial charge in [0, 0.05) is 18.8 Å². The molecule has 0 saturated carbocycles. The molecule has 5 heteroatoms. The normalized spacial score (nSPS) is 10.5. The van der Waals surface area contributed by atoms with E-state index in [1.807, 2.05) is 0 Å². The Hall–Kier alpha value is -1.91. The largest absolute Gasteiger partial charge is 0.420 e. The lowest BCUT2D eigenvalue weighted by Gasteiger charge is -1.90.